The summed E-state index contributed by atoms with van der Waals surface area (Å²) in [6.45, 7) is 0. The van der Waals surface area contributed by atoms with E-state index in [-0.39, 0.29) is 0 Å². The molecule has 80 valence electrons. The quantitative estimate of drug-likeness (QED) is 0.617. The summed E-state index contributed by atoms with van der Waals surface area (Å²) < 4.78 is 22.3. The van der Waals surface area contributed by atoms with Gasteiger partial charge in [0, 0.05) is 23.6 Å². The van der Waals surface area contributed by atoms with Gasteiger partial charge in [-0.25, -0.2) is 8.42 Å². The molecule has 0 heterocycles. The highest BCUT2D eigenvalue weighted by Gasteiger charge is 2.04. The van der Waals surface area contributed by atoms with Crippen LogP contribution in [0, 0.1) is 11.8 Å². The van der Waals surface area contributed by atoms with Crippen molar-refractivity contribution in [3.8, 4) is 11.8 Å². The Morgan fingerprint density at radius 2 is 1.87 bits per heavy atom. The van der Waals surface area contributed by atoms with Gasteiger partial charge in [0.15, 0.2) is 9.84 Å². The van der Waals surface area contributed by atoms with Crippen molar-refractivity contribution in [2.45, 2.75) is 11.3 Å². The van der Waals surface area contributed by atoms with Gasteiger partial charge in [0.2, 0.25) is 0 Å². The summed E-state index contributed by atoms with van der Waals surface area (Å²) in [5.41, 5.74) is 0.836. The van der Waals surface area contributed by atoms with Crippen LogP contribution in [0.3, 0.4) is 0 Å². The van der Waals surface area contributed by atoms with Gasteiger partial charge in [-0.15, -0.1) is 0 Å². The normalized spacial score (nSPS) is 10.5. The van der Waals surface area contributed by atoms with Crippen LogP contribution >= 0.6 is 15.9 Å². The highest BCUT2D eigenvalue weighted by Crippen LogP contribution is 2.09. The fraction of sp³-hybridized carbons (Fsp3) is 0.273. The summed E-state index contributed by atoms with van der Waals surface area (Å²) in [6.07, 6.45) is 1.98. The molecule has 0 saturated carbocycles. The van der Waals surface area contributed by atoms with Crippen LogP contribution in [-0.4, -0.2) is 20.0 Å². The monoisotopic (exact) mass is 286 g/mol. The van der Waals surface area contributed by atoms with Crippen molar-refractivity contribution in [3.05, 3.63) is 29.8 Å². The SMILES string of the molecule is CS(=O)(=O)c1ccc(C#CCCBr)cc1. The molecule has 0 atom stereocenters. The first-order chi connectivity index (χ1) is 7.04. The highest BCUT2D eigenvalue weighted by molar-refractivity contribution is 9.09. The van der Waals surface area contributed by atoms with Gasteiger partial charge in [-0.1, -0.05) is 27.8 Å². The molecule has 1 aromatic rings. The number of sulfone groups is 1. The number of halogens is 1. The largest absolute Gasteiger partial charge is 0.224 e. The molecule has 0 saturated heterocycles. The van der Waals surface area contributed by atoms with E-state index in [1.54, 1.807) is 24.3 Å². The van der Waals surface area contributed by atoms with E-state index < -0.39 is 9.84 Å². The van der Waals surface area contributed by atoms with Crippen molar-refractivity contribution in [3.63, 3.8) is 0 Å². The van der Waals surface area contributed by atoms with Crippen LogP contribution in [0.25, 0.3) is 0 Å². The van der Waals surface area contributed by atoms with Crippen LogP contribution in [-0.2, 0) is 9.84 Å². The molecule has 0 bridgehead atoms. The third-order valence-corrected chi connectivity index (χ3v) is 3.26. The van der Waals surface area contributed by atoms with E-state index in [2.05, 4.69) is 27.8 Å². The molecule has 0 aliphatic heterocycles. The van der Waals surface area contributed by atoms with Gasteiger partial charge in [0.25, 0.3) is 0 Å². The number of alkyl halides is 1. The minimum absolute atomic E-state index is 0.327. The van der Waals surface area contributed by atoms with Gasteiger partial charge in [0.05, 0.1) is 4.90 Å². The average molecular weight is 287 g/mol. The Morgan fingerprint density at radius 3 is 2.33 bits per heavy atom. The molecule has 0 spiro atoms. The maximum absolute atomic E-state index is 11.2. The summed E-state index contributed by atoms with van der Waals surface area (Å²) in [6, 6.07) is 6.59. The lowest BCUT2D eigenvalue weighted by atomic mass is 10.2. The highest BCUT2D eigenvalue weighted by atomic mass is 79.9. The Bertz CT molecular complexity index is 478. The van der Waals surface area contributed by atoms with Gasteiger partial charge in [-0.3, -0.25) is 0 Å². The van der Waals surface area contributed by atoms with Gasteiger partial charge >= 0.3 is 0 Å². The number of rotatable bonds is 2. The van der Waals surface area contributed by atoms with Gasteiger partial charge < -0.3 is 0 Å². The second-order valence-electron chi connectivity index (χ2n) is 3.04. The third kappa shape index (κ3) is 4.06. The summed E-state index contributed by atoms with van der Waals surface area (Å²) in [5, 5.41) is 0.849. The fourth-order valence-electron chi connectivity index (χ4n) is 0.997. The summed E-state index contributed by atoms with van der Waals surface area (Å²) in [5.74, 6) is 5.91. The van der Waals surface area contributed by atoms with Crippen LogP contribution in [0.1, 0.15) is 12.0 Å². The average Bonchev–Trinajstić information content (AvgIpc) is 2.18. The van der Waals surface area contributed by atoms with E-state index in [1.165, 1.54) is 6.26 Å². The number of hydrogen-bond acceptors (Lipinski definition) is 2. The van der Waals surface area contributed by atoms with Crippen molar-refractivity contribution in [2.24, 2.45) is 0 Å². The van der Waals surface area contributed by atoms with Crippen molar-refractivity contribution < 1.29 is 8.42 Å². The van der Waals surface area contributed by atoms with Gasteiger partial charge in [0.1, 0.15) is 0 Å². The van der Waals surface area contributed by atoms with Crippen LogP contribution in [0.5, 0.6) is 0 Å². The molecule has 0 aliphatic carbocycles. The molecule has 4 heteroatoms. The predicted molar refractivity (Wildman–Crippen MR) is 64.8 cm³/mol. The summed E-state index contributed by atoms with van der Waals surface area (Å²) in [7, 11) is -3.10. The zero-order valence-electron chi connectivity index (χ0n) is 8.33. The topological polar surface area (TPSA) is 34.1 Å². The molecule has 0 radical (unpaired) electrons. The molecular formula is C11H11BrO2S. The lowest BCUT2D eigenvalue weighted by Gasteiger charge is -1.96. The first-order valence-corrected chi connectivity index (χ1v) is 7.40. The van der Waals surface area contributed by atoms with E-state index in [0.717, 1.165) is 17.3 Å². The van der Waals surface area contributed by atoms with E-state index in [0.29, 0.717) is 4.90 Å². The Balaban J connectivity index is 2.88. The van der Waals surface area contributed by atoms with Crippen molar-refractivity contribution in [1.29, 1.82) is 0 Å². The molecule has 2 nitrogen and oxygen atoms in total. The van der Waals surface area contributed by atoms with E-state index in [9.17, 15) is 8.42 Å². The molecular weight excluding hydrogens is 276 g/mol. The first kappa shape index (κ1) is 12.3. The van der Waals surface area contributed by atoms with Gasteiger partial charge in [-0.2, -0.15) is 0 Å². The van der Waals surface area contributed by atoms with Crippen molar-refractivity contribution >= 4 is 25.8 Å². The minimum atomic E-state index is -3.10. The molecule has 0 aliphatic rings. The standard InChI is InChI=1S/C11H11BrO2S/c1-15(13,14)11-7-5-10(6-8-11)4-2-3-9-12/h5-8H,3,9H2,1H3. The Kier molecular flexibility index (Phi) is 4.37. The lowest BCUT2D eigenvalue weighted by Crippen LogP contribution is -1.96. The molecule has 0 unspecified atom stereocenters. The third-order valence-electron chi connectivity index (χ3n) is 1.73. The van der Waals surface area contributed by atoms with E-state index in [4.69, 9.17) is 0 Å². The second kappa shape index (κ2) is 5.34. The molecule has 0 fully saturated rings. The number of benzene rings is 1. The zero-order valence-corrected chi connectivity index (χ0v) is 10.7. The molecule has 15 heavy (non-hydrogen) atoms. The zero-order chi connectivity index (χ0) is 11.3. The fourth-order valence-corrected chi connectivity index (χ4v) is 1.83. The molecule has 0 N–H and O–H groups in total. The van der Waals surface area contributed by atoms with E-state index >= 15 is 0 Å². The predicted octanol–water partition coefficient (Wildman–Crippen LogP) is 2.23. The Labute approximate surface area is 98.7 Å². The van der Waals surface area contributed by atoms with E-state index in [1.807, 2.05) is 0 Å². The Hall–Kier alpha value is -0.790. The van der Waals surface area contributed by atoms with Crippen LogP contribution in [0.4, 0.5) is 0 Å². The summed E-state index contributed by atoms with van der Waals surface area (Å²) in [4.78, 5) is 0.327. The molecule has 0 aromatic heterocycles. The lowest BCUT2D eigenvalue weighted by molar-refractivity contribution is 0.602. The minimum Gasteiger partial charge on any atom is -0.224 e. The maximum atomic E-state index is 11.2. The smallest absolute Gasteiger partial charge is 0.175 e. The van der Waals surface area contributed by atoms with Crippen molar-refractivity contribution in [2.75, 3.05) is 11.6 Å². The Morgan fingerprint density at radius 1 is 1.27 bits per heavy atom. The maximum Gasteiger partial charge on any atom is 0.175 e. The van der Waals surface area contributed by atoms with Crippen molar-refractivity contribution in [1.82, 2.24) is 0 Å². The molecule has 1 aromatic carbocycles. The number of hydrogen-bond donors (Lipinski definition) is 0. The van der Waals surface area contributed by atoms with Crippen LogP contribution in [0.2, 0.25) is 0 Å². The van der Waals surface area contributed by atoms with Crippen LogP contribution in [0.15, 0.2) is 29.2 Å². The second-order valence-corrected chi connectivity index (χ2v) is 5.85. The molecule has 1 rings (SSSR count). The first-order valence-electron chi connectivity index (χ1n) is 4.39. The van der Waals surface area contributed by atoms with Crippen LogP contribution < -0.4 is 0 Å². The molecule has 0 amide bonds. The summed E-state index contributed by atoms with van der Waals surface area (Å²) >= 11 is 3.28. The van der Waals surface area contributed by atoms with Gasteiger partial charge in [-0.05, 0) is 24.3 Å².